The van der Waals surface area contributed by atoms with Crippen LogP contribution in [0.2, 0.25) is 0 Å². The SMILES string of the molecule is Cc1ccc(N=Nc2ccc(O)c(/C=C3\SC(=O)N(CC(=O)OC(C)C)C3=O)c2)cc1C. The van der Waals surface area contributed by atoms with Crippen LogP contribution in [0.4, 0.5) is 16.2 Å². The fraction of sp³-hybridized carbons (Fsp3) is 0.261. The van der Waals surface area contributed by atoms with Gasteiger partial charge in [-0.15, -0.1) is 0 Å². The summed E-state index contributed by atoms with van der Waals surface area (Å²) >= 11 is 0.691. The lowest BCUT2D eigenvalue weighted by molar-refractivity contribution is -0.149. The van der Waals surface area contributed by atoms with Gasteiger partial charge < -0.3 is 9.84 Å². The number of esters is 1. The maximum absolute atomic E-state index is 12.6. The Morgan fingerprint density at radius 3 is 2.41 bits per heavy atom. The number of benzene rings is 2. The number of ether oxygens (including phenoxy) is 1. The standard InChI is InChI=1S/C23H23N3O5S/c1-13(2)31-21(28)12-26-22(29)20(32-23(26)30)11-16-10-18(7-8-19(16)27)25-24-17-6-5-14(3)15(4)9-17/h5-11,13,27H,12H2,1-4H3/b20-11-,25-24?. The first-order chi connectivity index (χ1) is 15.1. The number of hydrogen-bond acceptors (Lipinski definition) is 8. The Hall–Kier alpha value is -3.46. The number of amides is 2. The van der Waals surface area contributed by atoms with E-state index in [2.05, 4.69) is 10.2 Å². The number of nitrogens with zero attached hydrogens (tertiary/aromatic N) is 3. The molecule has 0 spiro atoms. The second kappa shape index (κ2) is 9.78. The Morgan fingerprint density at radius 1 is 1.09 bits per heavy atom. The number of rotatable bonds is 6. The highest BCUT2D eigenvalue weighted by molar-refractivity contribution is 8.18. The van der Waals surface area contributed by atoms with Gasteiger partial charge in [0.1, 0.15) is 12.3 Å². The minimum Gasteiger partial charge on any atom is -0.507 e. The lowest BCUT2D eigenvalue weighted by Crippen LogP contribution is -2.35. The summed E-state index contributed by atoms with van der Waals surface area (Å²) in [5.41, 5.74) is 3.71. The molecule has 0 aromatic heterocycles. The summed E-state index contributed by atoms with van der Waals surface area (Å²) in [6.45, 7) is 6.90. The molecule has 1 aliphatic rings. The van der Waals surface area contributed by atoms with Gasteiger partial charge in [-0.05, 0) is 87.0 Å². The van der Waals surface area contributed by atoms with Crippen molar-refractivity contribution >= 4 is 46.3 Å². The van der Waals surface area contributed by atoms with E-state index in [0.717, 1.165) is 16.0 Å². The molecule has 0 saturated carbocycles. The average Bonchev–Trinajstić information content (AvgIpc) is 2.97. The third-order valence-electron chi connectivity index (χ3n) is 4.60. The number of phenolic OH excluding ortho intramolecular Hbond substituents is 1. The largest absolute Gasteiger partial charge is 0.507 e. The second-order valence-corrected chi connectivity index (χ2v) is 8.51. The molecule has 32 heavy (non-hydrogen) atoms. The molecule has 8 nitrogen and oxygen atoms in total. The van der Waals surface area contributed by atoms with Crippen LogP contribution >= 0.6 is 11.8 Å². The number of phenols is 1. The number of aromatic hydroxyl groups is 1. The molecule has 0 radical (unpaired) electrons. The summed E-state index contributed by atoms with van der Waals surface area (Å²) in [7, 11) is 0. The number of azo groups is 1. The number of carbonyl (C=O) groups excluding carboxylic acids is 3. The van der Waals surface area contributed by atoms with Crippen LogP contribution in [0.3, 0.4) is 0 Å². The van der Waals surface area contributed by atoms with Crippen molar-refractivity contribution in [1.29, 1.82) is 0 Å². The topological polar surface area (TPSA) is 109 Å². The van der Waals surface area contributed by atoms with Crippen LogP contribution in [0.15, 0.2) is 51.5 Å². The third kappa shape index (κ3) is 5.61. The molecule has 0 atom stereocenters. The molecule has 0 bridgehead atoms. The van der Waals surface area contributed by atoms with E-state index in [1.54, 1.807) is 26.0 Å². The molecule has 1 saturated heterocycles. The summed E-state index contributed by atoms with van der Waals surface area (Å²) in [6.07, 6.45) is 1.04. The van der Waals surface area contributed by atoms with Gasteiger partial charge in [0.2, 0.25) is 0 Å². The van der Waals surface area contributed by atoms with Crippen LogP contribution < -0.4 is 0 Å². The lowest BCUT2D eigenvalue weighted by atomic mass is 10.1. The van der Waals surface area contributed by atoms with Crippen LogP contribution in [-0.2, 0) is 14.3 Å². The maximum Gasteiger partial charge on any atom is 0.326 e. The van der Waals surface area contributed by atoms with E-state index in [-0.39, 0.29) is 16.8 Å². The lowest BCUT2D eigenvalue weighted by Gasteiger charge is -2.13. The highest BCUT2D eigenvalue weighted by Crippen LogP contribution is 2.35. The van der Waals surface area contributed by atoms with Crippen LogP contribution in [0.25, 0.3) is 6.08 Å². The van der Waals surface area contributed by atoms with E-state index in [1.807, 2.05) is 32.0 Å². The minimum atomic E-state index is -0.667. The normalized spacial score (nSPS) is 15.4. The van der Waals surface area contributed by atoms with Crippen molar-refractivity contribution in [3.63, 3.8) is 0 Å². The van der Waals surface area contributed by atoms with Crippen molar-refractivity contribution < 1.29 is 24.2 Å². The molecular formula is C23H23N3O5S. The molecular weight excluding hydrogens is 430 g/mol. The zero-order valence-corrected chi connectivity index (χ0v) is 19.0. The molecule has 1 fully saturated rings. The van der Waals surface area contributed by atoms with Gasteiger partial charge >= 0.3 is 5.97 Å². The maximum atomic E-state index is 12.6. The van der Waals surface area contributed by atoms with Gasteiger partial charge in [-0.2, -0.15) is 10.2 Å². The molecule has 3 rings (SSSR count). The fourth-order valence-corrected chi connectivity index (χ4v) is 3.66. The van der Waals surface area contributed by atoms with Crippen molar-refractivity contribution in [2.45, 2.75) is 33.8 Å². The first kappa shape index (κ1) is 23.2. The second-order valence-electron chi connectivity index (χ2n) is 7.52. The Morgan fingerprint density at radius 2 is 1.75 bits per heavy atom. The molecule has 0 unspecified atom stereocenters. The average molecular weight is 454 g/mol. The zero-order valence-electron chi connectivity index (χ0n) is 18.2. The number of thioether (sulfide) groups is 1. The monoisotopic (exact) mass is 453 g/mol. The van der Waals surface area contributed by atoms with Gasteiger partial charge in [-0.25, -0.2) is 0 Å². The summed E-state index contributed by atoms with van der Waals surface area (Å²) in [5, 5.41) is 18.0. The predicted octanol–water partition coefficient (Wildman–Crippen LogP) is 5.41. The first-order valence-electron chi connectivity index (χ1n) is 9.91. The van der Waals surface area contributed by atoms with Gasteiger partial charge in [0, 0.05) is 5.56 Å². The highest BCUT2D eigenvalue weighted by atomic mass is 32.2. The number of aryl methyl sites for hydroxylation is 2. The smallest absolute Gasteiger partial charge is 0.326 e. The van der Waals surface area contributed by atoms with Gasteiger partial charge in [0.05, 0.1) is 22.4 Å². The van der Waals surface area contributed by atoms with E-state index in [4.69, 9.17) is 4.74 Å². The Bertz CT molecular complexity index is 1140. The molecule has 2 aromatic rings. The number of hydrogen-bond donors (Lipinski definition) is 1. The molecule has 9 heteroatoms. The van der Waals surface area contributed by atoms with Crippen LogP contribution in [0.1, 0.15) is 30.5 Å². The Kier molecular flexibility index (Phi) is 7.09. The summed E-state index contributed by atoms with van der Waals surface area (Å²) in [5.74, 6) is -1.37. The molecule has 2 amide bonds. The van der Waals surface area contributed by atoms with Gasteiger partial charge in [0.25, 0.3) is 11.1 Å². The number of imide groups is 1. The molecule has 1 heterocycles. The first-order valence-corrected chi connectivity index (χ1v) is 10.7. The summed E-state index contributed by atoms with van der Waals surface area (Å²) in [4.78, 5) is 37.5. The third-order valence-corrected chi connectivity index (χ3v) is 5.50. The molecule has 0 aliphatic carbocycles. The Balaban J connectivity index is 1.80. The summed E-state index contributed by atoms with van der Waals surface area (Å²) < 4.78 is 5.00. The molecule has 1 N–H and O–H groups in total. The molecule has 166 valence electrons. The van der Waals surface area contributed by atoms with E-state index in [9.17, 15) is 19.5 Å². The van der Waals surface area contributed by atoms with E-state index < -0.39 is 23.7 Å². The van der Waals surface area contributed by atoms with Crippen LogP contribution in [-0.4, -0.2) is 39.8 Å². The van der Waals surface area contributed by atoms with Crippen molar-refractivity contribution in [2.75, 3.05) is 6.54 Å². The van der Waals surface area contributed by atoms with Gasteiger partial charge in [-0.3, -0.25) is 19.3 Å². The van der Waals surface area contributed by atoms with Crippen LogP contribution in [0.5, 0.6) is 5.75 Å². The highest BCUT2D eigenvalue weighted by Gasteiger charge is 2.37. The number of carbonyl (C=O) groups is 3. The van der Waals surface area contributed by atoms with Gasteiger partial charge in [0.15, 0.2) is 0 Å². The quantitative estimate of drug-likeness (QED) is 0.356. The van der Waals surface area contributed by atoms with Crippen LogP contribution in [0, 0.1) is 13.8 Å². The molecule has 2 aromatic carbocycles. The minimum absolute atomic E-state index is 0.0823. The van der Waals surface area contributed by atoms with Crippen molar-refractivity contribution in [3.05, 3.63) is 58.0 Å². The van der Waals surface area contributed by atoms with E-state index in [0.29, 0.717) is 28.7 Å². The Labute approximate surface area is 190 Å². The van der Waals surface area contributed by atoms with Crippen molar-refractivity contribution in [2.24, 2.45) is 10.2 Å². The fourth-order valence-electron chi connectivity index (χ4n) is 2.83. The predicted molar refractivity (Wildman–Crippen MR) is 122 cm³/mol. The molecule has 1 aliphatic heterocycles. The van der Waals surface area contributed by atoms with E-state index in [1.165, 1.54) is 12.1 Å². The zero-order chi connectivity index (χ0) is 23.4. The van der Waals surface area contributed by atoms with Gasteiger partial charge in [-0.1, -0.05) is 6.07 Å². The van der Waals surface area contributed by atoms with E-state index >= 15 is 0 Å². The van der Waals surface area contributed by atoms with Crippen molar-refractivity contribution in [3.8, 4) is 5.75 Å². The van der Waals surface area contributed by atoms with Crippen molar-refractivity contribution in [1.82, 2.24) is 4.90 Å². The summed E-state index contributed by atoms with van der Waals surface area (Å²) in [6, 6.07) is 10.3.